The van der Waals surface area contributed by atoms with Crippen molar-refractivity contribution in [2.45, 2.75) is 26.0 Å². The highest BCUT2D eigenvalue weighted by atomic mass is 16.3. The number of hydrogen-bond acceptors (Lipinski definition) is 5. The lowest BCUT2D eigenvalue weighted by Gasteiger charge is -2.26. The highest BCUT2D eigenvalue weighted by Gasteiger charge is 2.32. The third-order valence-corrected chi connectivity index (χ3v) is 3.30. The van der Waals surface area contributed by atoms with Gasteiger partial charge in [0.2, 0.25) is 0 Å². The smallest absolute Gasteiger partial charge is 0.255 e. The van der Waals surface area contributed by atoms with Crippen molar-refractivity contribution in [1.29, 1.82) is 0 Å². The Kier molecular flexibility index (Phi) is 3.58. The number of aliphatic hydroxyl groups excluding tert-OH is 1. The van der Waals surface area contributed by atoms with Crippen molar-refractivity contribution in [3.63, 3.8) is 0 Å². The van der Waals surface area contributed by atoms with Crippen LogP contribution >= 0.6 is 0 Å². The number of hydrogen-bond donors (Lipinski definition) is 2. The van der Waals surface area contributed by atoms with Crippen LogP contribution in [0.4, 0.5) is 0 Å². The third-order valence-electron chi connectivity index (χ3n) is 3.30. The average Bonchev–Trinajstić information content (AvgIpc) is 2.77. The molecule has 1 saturated heterocycles. The van der Waals surface area contributed by atoms with E-state index in [1.165, 1.54) is 0 Å². The number of aryl methyl sites for hydroxylation is 2. The summed E-state index contributed by atoms with van der Waals surface area (Å²) in [5, 5.41) is 20.7. The number of aliphatic hydroxyl groups is 1. The van der Waals surface area contributed by atoms with Crippen molar-refractivity contribution in [2.24, 2.45) is 0 Å². The second kappa shape index (κ2) is 4.99. The predicted molar refractivity (Wildman–Crippen MR) is 66.3 cm³/mol. The number of carbonyl (C=O) groups excluding carboxylic acids is 1. The van der Waals surface area contributed by atoms with Gasteiger partial charge in [-0.1, -0.05) is 0 Å². The highest BCUT2D eigenvalue weighted by Crippen LogP contribution is 2.14. The first-order valence-corrected chi connectivity index (χ1v) is 5.97. The molecule has 1 aromatic rings. The van der Waals surface area contributed by atoms with Crippen LogP contribution in [0.25, 0.3) is 0 Å². The molecule has 0 aliphatic carbocycles. The SMILES string of the molecule is Cc1cc(C(=O)N(C)[C@@H]2CNC[C@H]2O)c(C)nn1. The molecule has 98 valence electrons. The van der Waals surface area contributed by atoms with E-state index in [1.807, 2.05) is 0 Å². The van der Waals surface area contributed by atoms with E-state index in [-0.39, 0.29) is 11.9 Å². The van der Waals surface area contributed by atoms with Gasteiger partial charge in [0.1, 0.15) is 0 Å². The summed E-state index contributed by atoms with van der Waals surface area (Å²) in [5.74, 6) is -0.127. The predicted octanol–water partition coefficient (Wildman–Crippen LogP) is -0.502. The van der Waals surface area contributed by atoms with Crippen LogP contribution in [0.2, 0.25) is 0 Å². The van der Waals surface area contributed by atoms with Gasteiger partial charge < -0.3 is 15.3 Å². The maximum absolute atomic E-state index is 12.4. The Balaban J connectivity index is 2.22. The molecule has 1 aliphatic rings. The molecule has 2 heterocycles. The van der Waals surface area contributed by atoms with Gasteiger partial charge in [-0.05, 0) is 19.9 Å². The standard InChI is InChI=1S/C12H18N4O2/c1-7-4-9(8(2)15-14-7)12(18)16(3)10-5-13-6-11(10)17/h4,10-11,13,17H,5-6H2,1-3H3/t10-,11-/m1/s1. The summed E-state index contributed by atoms with van der Waals surface area (Å²) in [6.45, 7) is 4.70. The van der Waals surface area contributed by atoms with E-state index < -0.39 is 6.10 Å². The van der Waals surface area contributed by atoms with Gasteiger partial charge in [-0.25, -0.2) is 0 Å². The maximum Gasteiger partial charge on any atom is 0.255 e. The number of carbonyl (C=O) groups is 1. The largest absolute Gasteiger partial charge is 0.390 e. The molecule has 0 aromatic carbocycles. The number of likely N-dealkylation sites (N-methyl/N-ethyl adjacent to an activating group) is 1. The quantitative estimate of drug-likeness (QED) is 0.739. The number of nitrogens with zero attached hydrogens (tertiary/aromatic N) is 3. The second-order valence-electron chi connectivity index (χ2n) is 4.69. The van der Waals surface area contributed by atoms with Crippen molar-refractivity contribution >= 4 is 5.91 Å². The molecule has 2 rings (SSSR count). The Morgan fingerprint density at radius 3 is 2.78 bits per heavy atom. The number of aromatic nitrogens is 2. The number of amides is 1. The fourth-order valence-corrected chi connectivity index (χ4v) is 2.15. The molecule has 6 heteroatoms. The van der Waals surface area contributed by atoms with E-state index in [2.05, 4.69) is 15.5 Å². The van der Waals surface area contributed by atoms with E-state index in [0.29, 0.717) is 30.0 Å². The summed E-state index contributed by atoms with van der Waals surface area (Å²) in [4.78, 5) is 13.9. The van der Waals surface area contributed by atoms with Crippen LogP contribution in [0.1, 0.15) is 21.7 Å². The van der Waals surface area contributed by atoms with Gasteiger partial charge in [0.05, 0.1) is 29.1 Å². The first-order valence-electron chi connectivity index (χ1n) is 5.97. The van der Waals surface area contributed by atoms with Crippen molar-refractivity contribution in [3.05, 3.63) is 23.0 Å². The summed E-state index contributed by atoms with van der Waals surface area (Å²) in [7, 11) is 1.71. The third kappa shape index (κ3) is 2.34. The molecule has 1 aromatic heterocycles. The monoisotopic (exact) mass is 250 g/mol. The summed E-state index contributed by atoms with van der Waals surface area (Å²) < 4.78 is 0. The number of nitrogens with one attached hydrogen (secondary N) is 1. The lowest BCUT2D eigenvalue weighted by atomic mass is 10.1. The van der Waals surface area contributed by atoms with Crippen LogP contribution in [0.5, 0.6) is 0 Å². The molecule has 1 fully saturated rings. The van der Waals surface area contributed by atoms with Gasteiger partial charge in [-0.15, -0.1) is 0 Å². The minimum Gasteiger partial charge on any atom is -0.390 e. The van der Waals surface area contributed by atoms with Gasteiger partial charge in [0.25, 0.3) is 5.91 Å². The van der Waals surface area contributed by atoms with Crippen molar-refractivity contribution in [2.75, 3.05) is 20.1 Å². The van der Waals surface area contributed by atoms with Gasteiger partial charge in [-0.2, -0.15) is 10.2 Å². The van der Waals surface area contributed by atoms with Gasteiger partial charge >= 0.3 is 0 Å². The van der Waals surface area contributed by atoms with Crippen LogP contribution < -0.4 is 5.32 Å². The van der Waals surface area contributed by atoms with Crippen LogP contribution in [-0.4, -0.2) is 58.4 Å². The Morgan fingerprint density at radius 2 is 2.17 bits per heavy atom. The summed E-state index contributed by atoms with van der Waals surface area (Å²) >= 11 is 0. The van der Waals surface area contributed by atoms with Gasteiger partial charge in [0, 0.05) is 20.1 Å². The van der Waals surface area contributed by atoms with Gasteiger partial charge in [0.15, 0.2) is 0 Å². The topological polar surface area (TPSA) is 78.4 Å². The molecule has 0 unspecified atom stereocenters. The van der Waals surface area contributed by atoms with E-state index in [0.717, 1.165) is 0 Å². The van der Waals surface area contributed by atoms with E-state index in [1.54, 1.807) is 31.9 Å². The first kappa shape index (κ1) is 12.9. The fourth-order valence-electron chi connectivity index (χ4n) is 2.15. The molecule has 0 saturated carbocycles. The molecule has 1 amide bonds. The Hall–Kier alpha value is -1.53. The summed E-state index contributed by atoms with van der Waals surface area (Å²) in [6.07, 6.45) is -0.518. The minimum absolute atomic E-state index is 0.127. The molecule has 0 spiro atoms. The summed E-state index contributed by atoms with van der Waals surface area (Å²) in [5.41, 5.74) is 1.87. The van der Waals surface area contributed by atoms with Crippen LogP contribution in [0, 0.1) is 13.8 Å². The maximum atomic E-state index is 12.4. The highest BCUT2D eigenvalue weighted by molar-refractivity contribution is 5.95. The zero-order valence-corrected chi connectivity index (χ0v) is 10.8. The first-order chi connectivity index (χ1) is 8.50. The molecule has 18 heavy (non-hydrogen) atoms. The lowest BCUT2D eigenvalue weighted by molar-refractivity contribution is 0.0579. The van der Waals surface area contributed by atoms with E-state index in [9.17, 15) is 9.90 Å². The number of rotatable bonds is 2. The van der Waals surface area contributed by atoms with E-state index >= 15 is 0 Å². The van der Waals surface area contributed by atoms with Crippen molar-refractivity contribution in [3.8, 4) is 0 Å². The molecule has 1 aliphatic heterocycles. The van der Waals surface area contributed by atoms with Crippen LogP contribution in [-0.2, 0) is 0 Å². The average molecular weight is 250 g/mol. The molecule has 0 radical (unpaired) electrons. The molecule has 2 atom stereocenters. The van der Waals surface area contributed by atoms with Crippen molar-refractivity contribution < 1.29 is 9.90 Å². The normalized spacial score (nSPS) is 23.1. The zero-order chi connectivity index (χ0) is 13.3. The van der Waals surface area contributed by atoms with Gasteiger partial charge in [-0.3, -0.25) is 4.79 Å². The summed E-state index contributed by atoms with van der Waals surface area (Å²) in [6, 6.07) is 1.54. The lowest BCUT2D eigenvalue weighted by Crippen LogP contribution is -2.44. The molecular weight excluding hydrogens is 232 g/mol. The van der Waals surface area contributed by atoms with E-state index in [4.69, 9.17) is 0 Å². The Bertz CT molecular complexity index is 463. The minimum atomic E-state index is -0.518. The Morgan fingerprint density at radius 1 is 1.44 bits per heavy atom. The van der Waals surface area contributed by atoms with Crippen molar-refractivity contribution in [1.82, 2.24) is 20.4 Å². The molecule has 0 bridgehead atoms. The number of β-amino-alcohol motifs (C(OH)–C–C–N with tert-alkyl or cyclic N) is 1. The molecule has 2 N–H and O–H groups in total. The zero-order valence-electron chi connectivity index (χ0n) is 10.8. The molecule has 6 nitrogen and oxygen atoms in total. The van der Waals surface area contributed by atoms with Crippen LogP contribution in [0.3, 0.4) is 0 Å². The van der Waals surface area contributed by atoms with Crippen LogP contribution in [0.15, 0.2) is 6.07 Å². The Labute approximate surface area is 106 Å². The molecular formula is C12H18N4O2. The fraction of sp³-hybridized carbons (Fsp3) is 0.583. The second-order valence-corrected chi connectivity index (χ2v) is 4.69.